The lowest BCUT2D eigenvalue weighted by atomic mass is 10.1. The number of amides is 1. The van der Waals surface area contributed by atoms with Gasteiger partial charge < -0.3 is 15.5 Å². The van der Waals surface area contributed by atoms with Gasteiger partial charge in [-0.25, -0.2) is 0 Å². The smallest absolute Gasteiger partial charge is 0.256 e. The monoisotopic (exact) mass is 285 g/mol. The van der Waals surface area contributed by atoms with E-state index >= 15 is 0 Å². The van der Waals surface area contributed by atoms with Gasteiger partial charge in [0.15, 0.2) is 0 Å². The van der Waals surface area contributed by atoms with E-state index in [-0.39, 0.29) is 5.91 Å². The molecule has 0 saturated carbocycles. The zero-order valence-electron chi connectivity index (χ0n) is 12.3. The normalized spacial score (nSPS) is 13.0. The molecule has 0 saturated heterocycles. The molecule has 0 radical (unpaired) electrons. The van der Waals surface area contributed by atoms with Crippen LogP contribution in [0.4, 0.5) is 11.4 Å². The number of aromatic nitrogens is 2. The van der Waals surface area contributed by atoms with Gasteiger partial charge in [-0.1, -0.05) is 6.07 Å². The number of hydrogen-bond acceptors (Lipinski definition) is 4. The van der Waals surface area contributed by atoms with Gasteiger partial charge in [0.25, 0.3) is 5.91 Å². The highest BCUT2D eigenvalue weighted by molar-refractivity contribution is 6.02. The summed E-state index contributed by atoms with van der Waals surface area (Å²) in [5.74, 6) is 0.00639. The van der Waals surface area contributed by atoms with Gasteiger partial charge in [0.1, 0.15) is 0 Å². The second kappa shape index (κ2) is 5.47. The van der Waals surface area contributed by atoms with E-state index in [4.69, 9.17) is 0 Å². The van der Waals surface area contributed by atoms with Crippen LogP contribution in [0.1, 0.15) is 15.9 Å². The first-order valence-corrected chi connectivity index (χ1v) is 6.99. The predicted octanol–water partition coefficient (Wildman–Crippen LogP) is 1.53. The highest BCUT2D eigenvalue weighted by atomic mass is 16.2. The Morgan fingerprint density at radius 1 is 1.38 bits per heavy atom. The molecule has 0 fully saturated rings. The lowest BCUT2D eigenvalue weighted by Gasteiger charge is -2.24. The van der Waals surface area contributed by atoms with E-state index in [1.807, 2.05) is 38.5 Å². The Kier molecular flexibility index (Phi) is 3.51. The van der Waals surface area contributed by atoms with E-state index in [0.29, 0.717) is 12.1 Å². The van der Waals surface area contributed by atoms with Crippen LogP contribution in [-0.2, 0) is 13.6 Å². The van der Waals surface area contributed by atoms with Crippen molar-refractivity contribution < 1.29 is 4.79 Å². The van der Waals surface area contributed by atoms with E-state index in [9.17, 15) is 4.79 Å². The Morgan fingerprint density at radius 2 is 2.19 bits per heavy atom. The van der Waals surface area contributed by atoms with Crippen molar-refractivity contribution in [2.24, 2.45) is 7.05 Å². The minimum absolute atomic E-state index is 0.00639. The number of para-hydroxylation sites is 1. The molecule has 1 amide bonds. The molecule has 1 aliphatic heterocycles. The quantitative estimate of drug-likeness (QED) is 0.898. The van der Waals surface area contributed by atoms with Crippen molar-refractivity contribution in [1.29, 1.82) is 0 Å². The molecule has 1 aromatic carbocycles. The van der Waals surface area contributed by atoms with Gasteiger partial charge in [0.2, 0.25) is 0 Å². The number of aryl methyl sites for hydroxylation is 1. The topological polar surface area (TPSA) is 62.2 Å². The maximum Gasteiger partial charge on any atom is 0.256 e. The maximum absolute atomic E-state index is 12.7. The summed E-state index contributed by atoms with van der Waals surface area (Å²) in [6.45, 7) is 2.24. The van der Waals surface area contributed by atoms with Crippen LogP contribution in [0.15, 0.2) is 30.6 Å². The number of anilines is 2. The first kappa shape index (κ1) is 13.5. The zero-order valence-corrected chi connectivity index (χ0v) is 12.3. The SMILES string of the molecule is CN(Cc1cnn(C)c1)C(=O)c1cccc2c1NCCN2. The van der Waals surface area contributed by atoms with Gasteiger partial charge in [-0.3, -0.25) is 9.48 Å². The van der Waals surface area contributed by atoms with Crippen molar-refractivity contribution >= 4 is 17.3 Å². The summed E-state index contributed by atoms with van der Waals surface area (Å²) in [5.41, 5.74) is 3.60. The van der Waals surface area contributed by atoms with Crippen LogP contribution in [0.3, 0.4) is 0 Å². The van der Waals surface area contributed by atoms with Gasteiger partial charge >= 0.3 is 0 Å². The van der Waals surface area contributed by atoms with Crippen molar-refractivity contribution in [3.8, 4) is 0 Å². The Balaban J connectivity index is 1.81. The third-order valence-electron chi connectivity index (χ3n) is 3.56. The summed E-state index contributed by atoms with van der Waals surface area (Å²) in [6, 6.07) is 5.75. The summed E-state index contributed by atoms with van der Waals surface area (Å²) >= 11 is 0. The summed E-state index contributed by atoms with van der Waals surface area (Å²) in [7, 11) is 3.68. The van der Waals surface area contributed by atoms with Gasteiger partial charge in [-0.2, -0.15) is 5.10 Å². The standard InChI is InChI=1S/C15H19N5O/c1-19(9-11-8-18-20(2)10-11)15(21)12-4-3-5-13-14(12)17-7-6-16-13/h3-5,8,10,16-17H,6-7,9H2,1-2H3. The molecule has 6 heteroatoms. The van der Waals surface area contributed by atoms with Crippen LogP contribution in [0.2, 0.25) is 0 Å². The molecule has 3 rings (SSSR count). The Morgan fingerprint density at radius 3 is 2.95 bits per heavy atom. The first-order valence-electron chi connectivity index (χ1n) is 6.99. The van der Waals surface area contributed by atoms with Crippen LogP contribution in [-0.4, -0.2) is 40.7 Å². The molecule has 6 nitrogen and oxygen atoms in total. The molecule has 21 heavy (non-hydrogen) atoms. The highest BCUT2D eigenvalue weighted by Gasteiger charge is 2.20. The Labute approximate surface area is 123 Å². The molecule has 1 aliphatic rings. The summed E-state index contributed by atoms with van der Waals surface area (Å²) in [5, 5.41) is 10.7. The highest BCUT2D eigenvalue weighted by Crippen LogP contribution is 2.29. The fraction of sp³-hybridized carbons (Fsp3) is 0.333. The van der Waals surface area contributed by atoms with Crippen LogP contribution in [0, 0.1) is 0 Å². The number of benzene rings is 1. The Hall–Kier alpha value is -2.50. The van der Waals surface area contributed by atoms with Crippen molar-refractivity contribution in [2.45, 2.75) is 6.54 Å². The average molecular weight is 285 g/mol. The molecule has 0 spiro atoms. The van der Waals surface area contributed by atoms with E-state index in [1.54, 1.807) is 15.8 Å². The lowest BCUT2D eigenvalue weighted by molar-refractivity contribution is 0.0786. The summed E-state index contributed by atoms with van der Waals surface area (Å²) in [6.07, 6.45) is 3.70. The number of carbonyl (C=O) groups is 1. The predicted molar refractivity (Wildman–Crippen MR) is 82.4 cm³/mol. The number of fused-ring (bicyclic) bond motifs is 1. The molecule has 0 bridgehead atoms. The largest absolute Gasteiger partial charge is 0.382 e. The third-order valence-corrected chi connectivity index (χ3v) is 3.56. The molecule has 0 aliphatic carbocycles. The number of nitrogens with one attached hydrogen (secondary N) is 2. The molecule has 2 heterocycles. The van der Waals surface area contributed by atoms with E-state index in [2.05, 4.69) is 15.7 Å². The van der Waals surface area contributed by atoms with Crippen molar-refractivity contribution in [2.75, 3.05) is 30.8 Å². The number of hydrogen-bond donors (Lipinski definition) is 2. The number of carbonyl (C=O) groups excluding carboxylic acids is 1. The maximum atomic E-state index is 12.7. The molecular weight excluding hydrogens is 266 g/mol. The second-order valence-electron chi connectivity index (χ2n) is 5.27. The van der Waals surface area contributed by atoms with Crippen LogP contribution < -0.4 is 10.6 Å². The molecule has 0 atom stereocenters. The third kappa shape index (κ3) is 2.69. The fourth-order valence-electron chi connectivity index (χ4n) is 2.56. The van der Waals surface area contributed by atoms with Crippen LogP contribution in [0.5, 0.6) is 0 Å². The molecule has 110 valence electrons. The van der Waals surface area contributed by atoms with E-state index in [0.717, 1.165) is 30.0 Å². The summed E-state index contributed by atoms with van der Waals surface area (Å²) < 4.78 is 1.74. The van der Waals surface area contributed by atoms with Gasteiger partial charge in [-0.05, 0) is 12.1 Å². The van der Waals surface area contributed by atoms with Crippen LogP contribution >= 0.6 is 0 Å². The Bertz CT molecular complexity index is 664. The molecular formula is C15H19N5O. The van der Waals surface area contributed by atoms with Gasteiger partial charge in [-0.15, -0.1) is 0 Å². The molecule has 1 aromatic heterocycles. The second-order valence-corrected chi connectivity index (χ2v) is 5.27. The molecule has 2 N–H and O–H groups in total. The minimum Gasteiger partial charge on any atom is -0.382 e. The van der Waals surface area contributed by atoms with Crippen molar-refractivity contribution in [3.05, 3.63) is 41.7 Å². The zero-order chi connectivity index (χ0) is 14.8. The average Bonchev–Trinajstić information content (AvgIpc) is 2.91. The lowest BCUT2D eigenvalue weighted by Crippen LogP contribution is -2.29. The number of rotatable bonds is 3. The number of nitrogens with zero attached hydrogens (tertiary/aromatic N) is 3. The molecule has 2 aromatic rings. The fourth-order valence-corrected chi connectivity index (χ4v) is 2.56. The summed E-state index contributed by atoms with van der Waals surface area (Å²) in [4.78, 5) is 14.4. The first-order chi connectivity index (χ1) is 10.1. The van der Waals surface area contributed by atoms with Crippen molar-refractivity contribution in [1.82, 2.24) is 14.7 Å². The van der Waals surface area contributed by atoms with E-state index in [1.165, 1.54) is 0 Å². The van der Waals surface area contributed by atoms with Gasteiger partial charge in [0, 0.05) is 45.5 Å². The molecule has 0 unspecified atom stereocenters. The van der Waals surface area contributed by atoms with Gasteiger partial charge in [0.05, 0.1) is 23.1 Å². The van der Waals surface area contributed by atoms with E-state index < -0.39 is 0 Å². The van der Waals surface area contributed by atoms with Crippen LogP contribution in [0.25, 0.3) is 0 Å². The van der Waals surface area contributed by atoms with Crippen molar-refractivity contribution in [3.63, 3.8) is 0 Å². The minimum atomic E-state index is 0.00639.